The summed E-state index contributed by atoms with van der Waals surface area (Å²) in [5.74, 6) is 0.722. The molecule has 1 atom stereocenters. The van der Waals surface area contributed by atoms with E-state index in [9.17, 15) is 4.79 Å². The molecule has 1 aliphatic carbocycles. The maximum Gasteiger partial charge on any atom is 0.270 e. The van der Waals surface area contributed by atoms with Crippen molar-refractivity contribution in [1.82, 2.24) is 9.88 Å². The number of aromatic amines is 1. The third-order valence-electron chi connectivity index (χ3n) is 4.05. The van der Waals surface area contributed by atoms with Crippen LogP contribution in [0.3, 0.4) is 0 Å². The molecule has 0 bridgehead atoms. The number of carbonyl (C=O) groups excluding carboxylic acids is 1. The van der Waals surface area contributed by atoms with E-state index in [2.05, 4.69) is 11.9 Å². The quantitative estimate of drug-likeness (QED) is 0.912. The number of hydrogen-bond acceptors (Lipinski definition) is 1. The van der Waals surface area contributed by atoms with E-state index in [0.717, 1.165) is 10.9 Å². The van der Waals surface area contributed by atoms with Crippen LogP contribution < -0.4 is 0 Å². The molecule has 2 aromatic rings. The molecule has 0 radical (unpaired) electrons. The zero-order valence-corrected chi connectivity index (χ0v) is 11.9. The van der Waals surface area contributed by atoms with Crippen molar-refractivity contribution in [1.29, 1.82) is 0 Å². The van der Waals surface area contributed by atoms with Crippen LogP contribution in [0.25, 0.3) is 10.9 Å². The maximum atomic E-state index is 12.4. The van der Waals surface area contributed by atoms with Gasteiger partial charge in [-0.25, -0.2) is 0 Å². The van der Waals surface area contributed by atoms with E-state index in [4.69, 9.17) is 11.6 Å². The summed E-state index contributed by atoms with van der Waals surface area (Å²) in [6.45, 7) is 2.12. The number of rotatable bonds is 3. The molecular formula is C15H17ClN2O. The summed E-state index contributed by atoms with van der Waals surface area (Å²) in [5.41, 5.74) is 1.58. The van der Waals surface area contributed by atoms with Gasteiger partial charge in [-0.15, -0.1) is 0 Å². The number of halogens is 1. The van der Waals surface area contributed by atoms with Gasteiger partial charge in [0.1, 0.15) is 5.69 Å². The number of H-pyrrole nitrogens is 1. The van der Waals surface area contributed by atoms with Gasteiger partial charge in [-0.05, 0) is 49.9 Å². The Bertz CT molecular complexity index is 630. The van der Waals surface area contributed by atoms with Gasteiger partial charge in [-0.2, -0.15) is 0 Å². The average Bonchev–Trinajstić information content (AvgIpc) is 3.16. The predicted molar refractivity (Wildman–Crippen MR) is 77.6 cm³/mol. The molecule has 1 aromatic carbocycles. The molecule has 1 N–H and O–H groups in total. The second-order valence-corrected chi connectivity index (χ2v) is 5.85. The molecule has 3 nitrogen and oxygen atoms in total. The lowest BCUT2D eigenvalue weighted by atomic mass is 10.2. The fourth-order valence-corrected chi connectivity index (χ4v) is 2.67. The fourth-order valence-electron chi connectivity index (χ4n) is 2.49. The first-order valence-corrected chi connectivity index (χ1v) is 6.99. The molecule has 1 aliphatic rings. The van der Waals surface area contributed by atoms with Crippen molar-refractivity contribution >= 4 is 28.4 Å². The largest absolute Gasteiger partial charge is 0.351 e. The van der Waals surface area contributed by atoms with Crippen LogP contribution in [-0.4, -0.2) is 28.9 Å². The molecule has 0 saturated heterocycles. The molecule has 1 fully saturated rings. The molecular weight excluding hydrogens is 260 g/mol. The Balaban J connectivity index is 1.88. The van der Waals surface area contributed by atoms with Gasteiger partial charge in [-0.3, -0.25) is 4.79 Å². The van der Waals surface area contributed by atoms with Crippen LogP contribution >= 0.6 is 11.6 Å². The SMILES string of the molecule is C[C@H](C1CC1)N(C)C(=O)c1cc2cc(Cl)ccc2[nH]1. The Morgan fingerprint density at radius 2 is 2.16 bits per heavy atom. The molecule has 1 heterocycles. The Morgan fingerprint density at radius 3 is 2.84 bits per heavy atom. The van der Waals surface area contributed by atoms with Crippen LogP contribution in [0.4, 0.5) is 0 Å². The third-order valence-corrected chi connectivity index (χ3v) is 4.28. The Morgan fingerprint density at radius 1 is 1.42 bits per heavy atom. The molecule has 4 heteroatoms. The number of hydrogen-bond donors (Lipinski definition) is 1. The number of fused-ring (bicyclic) bond motifs is 1. The Hall–Kier alpha value is -1.48. The van der Waals surface area contributed by atoms with E-state index in [1.165, 1.54) is 12.8 Å². The van der Waals surface area contributed by atoms with E-state index >= 15 is 0 Å². The van der Waals surface area contributed by atoms with Crippen LogP contribution in [0, 0.1) is 5.92 Å². The van der Waals surface area contributed by atoms with Gasteiger partial charge in [0.2, 0.25) is 0 Å². The highest BCUT2D eigenvalue weighted by atomic mass is 35.5. The van der Waals surface area contributed by atoms with Crippen LogP contribution in [-0.2, 0) is 0 Å². The topological polar surface area (TPSA) is 36.1 Å². The van der Waals surface area contributed by atoms with Crippen molar-refractivity contribution in [2.45, 2.75) is 25.8 Å². The van der Waals surface area contributed by atoms with E-state index in [1.54, 1.807) is 0 Å². The Labute approximate surface area is 117 Å². The van der Waals surface area contributed by atoms with Gasteiger partial charge in [0.25, 0.3) is 5.91 Å². The molecule has 19 heavy (non-hydrogen) atoms. The summed E-state index contributed by atoms with van der Waals surface area (Å²) in [7, 11) is 1.88. The highest BCUT2D eigenvalue weighted by Crippen LogP contribution is 2.35. The summed E-state index contributed by atoms with van der Waals surface area (Å²) < 4.78 is 0. The van der Waals surface area contributed by atoms with Crippen molar-refractivity contribution < 1.29 is 4.79 Å². The van der Waals surface area contributed by atoms with Crippen molar-refractivity contribution in [3.63, 3.8) is 0 Å². The second-order valence-electron chi connectivity index (χ2n) is 5.41. The smallest absolute Gasteiger partial charge is 0.270 e. The second kappa shape index (κ2) is 4.57. The van der Waals surface area contributed by atoms with Gasteiger partial charge in [-0.1, -0.05) is 11.6 Å². The average molecular weight is 277 g/mol. The first-order chi connectivity index (χ1) is 9.06. The van der Waals surface area contributed by atoms with E-state index in [0.29, 0.717) is 22.7 Å². The van der Waals surface area contributed by atoms with Crippen LogP contribution in [0.15, 0.2) is 24.3 Å². The van der Waals surface area contributed by atoms with Gasteiger partial charge >= 0.3 is 0 Å². The van der Waals surface area contributed by atoms with E-state index in [-0.39, 0.29) is 5.91 Å². The van der Waals surface area contributed by atoms with Gasteiger partial charge in [0.05, 0.1) is 0 Å². The van der Waals surface area contributed by atoms with Crippen molar-refractivity contribution in [3.05, 3.63) is 35.0 Å². The van der Waals surface area contributed by atoms with Crippen molar-refractivity contribution in [2.75, 3.05) is 7.05 Å². The summed E-state index contributed by atoms with van der Waals surface area (Å²) >= 11 is 5.96. The molecule has 3 rings (SSSR count). The molecule has 100 valence electrons. The fraction of sp³-hybridized carbons (Fsp3) is 0.400. The zero-order chi connectivity index (χ0) is 13.6. The Kier molecular flexibility index (Phi) is 3.02. The summed E-state index contributed by atoms with van der Waals surface area (Å²) in [5, 5.41) is 1.66. The van der Waals surface area contributed by atoms with E-state index < -0.39 is 0 Å². The highest BCUT2D eigenvalue weighted by molar-refractivity contribution is 6.31. The minimum atomic E-state index is 0.0479. The first kappa shape index (κ1) is 12.5. The summed E-state index contributed by atoms with van der Waals surface area (Å²) in [6, 6.07) is 7.78. The minimum Gasteiger partial charge on any atom is -0.351 e. The van der Waals surface area contributed by atoms with Crippen molar-refractivity contribution in [2.24, 2.45) is 5.92 Å². The van der Waals surface area contributed by atoms with Gasteiger partial charge in [0.15, 0.2) is 0 Å². The normalized spacial score (nSPS) is 16.6. The highest BCUT2D eigenvalue weighted by Gasteiger charge is 2.33. The molecule has 1 saturated carbocycles. The van der Waals surface area contributed by atoms with Crippen LogP contribution in [0.1, 0.15) is 30.3 Å². The number of carbonyl (C=O) groups is 1. The van der Waals surface area contributed by atoms with Crippen LogP contribution in [0.5, 0.6) is 0 Å². The molecule has 1 aromatic heterocycles. The molecule has 0 spiro atoms. The van der Waals surface area contributed by atoms with E-state index in [1.807, 2.05) is 36.2 Å². The van der Waals surface area contributed by atoms with Crippen LogP contribution in [0.2, 0.25) is 5.02 Å². The number of nitrogens with zero attached hydrogens (tertiary/aromatic N) is 1. The third kappa shape index (κ3) is 2.35. The first-order valence-electron chi connectivity index (χ1n) is 6.61. The molecule has 0 aliphatic heterocycles. The number of benzene rings is 1. The van der Waals surface area contributed by atoms with Gasteiger partial charge < -0.3 is 9.88 Å². The zero-order valence-electron chi connectivity index (χ0n) is 11.1. The maximum absolute atomic E-state index is 12.4. The minimum absolute atomic E-state index is 0.0479. The lowest BCUT2D eigenvalue weighted by molar-refractivity contribution is 0.0722. The number of aromatic nitrogens is 1. The van der Waals surface area contributed by atoms with Crippen molar-refractivity contribution in [3.8, 4) is 0 Å². The lowest BCUT2D eigenvalue weighted by Crippen LogP contribution is -2.36. The lowest BCUT2D eigenvalue weighted by Gasteiger charge is -2.24. The standard InChI is InChI=1S/C15H17ClN2O/c1-9(10-3-4-10)18(2)15(19)14-8-11-7-12(16)5-6-13(11)17-14/h5-10,17H,3-4H2,1-2H3/t9-/m1/s1. The van der Waals surface area contributed by atoms with Gasteiger partial charge in [0, 0.05) is 29.0 Å². The number of amides is 1. The number of nitrogens with one attached hydrogen (secondary N) is 1. The molecule has 1 amide bonds. The predicted octanol–water partition coefficient (Wildman–Crippen LogP) is 3.69. The summed E-state index contributed by atoms with van der Waals surface area (Å²) in [4.78, 5) is 17.4. The summed E-state index contributed by atoms with van der Waals surface area (Å²) in [6.07, 6.45) is 2.47. The monoisotopic (exact) mass is 276 g/mol. The molecule has 0 unspecified atom stereocenters.